The van der Waals surface area contributed by atoms with E-state index in [2.05, 4.69) is 21.4 Å². The minimum Gasteiger partial charge on any atom is -0.465 e. The molecule has 0 amide bonds. The average molecular weight is 298 g/mol. The SMILES string of the molecule is C=N/C(=N\C=C/C)c1cc(C(=O)OC)ccc1C(F)(F)F. The standard InChI is InChI=1S/C14H13F3N2O2/c1-4-7-19-12(18-2)10-8-9(13(20)21-3)5-6-11(10)14(15,16)17/h4-8H,2H2,1,3H3/b7-4-,19-12-. The third-order valence-electron chi connectivity index (χ3n) is 2.48. The lowest BCUT2D eigenvalue weighted by Crippen LogP contribution is -2.14. The average Bonchev–Trinajstić information content (AvgIpc) is 2.46. The van der Waals surface area contributed by atoms with Crippen molar-refractivity contribution >= 4 is 18.5 Å². The van der Waals surface area contributed by atoms with Crippen molar-refractivity contribution < 1.29 is 22.7 Å². The fraction of sp³-hybridized carbons (Fsp3) is 0.214. The lowest BCUT2D eigenvalue weighted by atomic mass is 10.0. The number of rotatable bonds is 3. The summed E-state index contributed by atoms with van der Waals surface area (Å²) in [4.78, 5) is 18.7. The lowest BCUT2D eigenvalue weighted by molar-refractivity contribution is -0.137. The highest BCUT2D eigenvalue weighted by atomic mass is 19.4. The molecule has 0 atom stereocenters. The summed E-state index contributed by atoms with van der Waals surface area (Å²) in [7, 11) is 1.14. The Morgan fingerprint density at radius 2 is 2.05 bits per heavy atom. The number of hydrogen-bond acceptors (Lipinski definition) is 3. The van der Waals surface area contributed by atoms with Crippen LogP contribution < -0.4 is 0 Å². The molecule has 4 nitrogen and oxygen atoms in total. The zero-order valence-electron chi connectivity index (χ0n) is 11.4. The van der Waals surface area contributed by atoms with Crippen molar-refractivity contribution in [3.63, 3.8) is 0 Å². The first kappa shape index (κ1) is 16.6. The van der Waals surface area contributed by atoms with Crippen LogP contribution in [0.5, 0.6) is 0 Å². The third kappa shape index (κ3) is 4.01. The molecule has 0 aliphatic carbocycles. The smallest absolute Gasteiger partial charge is 0.417 e. The molecule has 0 unspecified atom stereocenters. The van der Waals surface area contributed by atoms with Crippen LogP contribution in [-0.2, 0) is 10.9 Å². The molecule has 1 aromatic carbocycles. The Balaban J connectivity index is 3.56. The summed E-state index contributed by atoms with van der Waals surface area (Å²) in [5.74, 6) is -0.981. The Kier molecular flexibility index (Phi) is 5.40. The van der Waals surface area contributed by atoms with Gasteiger partial charge in [0.2, 0.25) is 0 Å². The van der Waals surface area contributed by atoms with Crippen molar-refractivity contribution in [3.8, 4) is 0 Å². The molecular weight excluding hydrogens is 285 g/mol. The number of esters is 1. The summed E-state index contributed by atoms with van der Waals surface area (Å²) in [6.07, 6.45) is -1.79. The highest BCUT2D eigenvalue weighted by Gasteiger charge is 2.35. The van der Waals surface area contributed by atoms with Gasteiger partial charge < -0.3 is 4.74 Å². The van der Waals surface area contributed by atoms with Crippen molar-refractivity contribution in [3.05, 3.63) is 47.2 Å². The predicted molar refractivity (Wildman–Crippen MR) is 73.7 cm³/mol. The summed E-state index contributed by atoms with van der Waals surface area (Å²) in [5, 5.41) is 0. The predicted octanol–water partition coefficient (Wildman–Crippen LogP) is 3.47. The van der Waals surface area contributed by atoms with E-state index in [1.165, 1.54) is 12.3 Å². The minimum atomic E-state index is -4.61. The fourth-order valence-electron chi connectivity index (χ4n) is 1.56. The second kappa shape index (κ2) is 6.83. The molecule has 0 bridgehead atoms. The van der Waals surface area contributed by atoms with Crippen molar-refractivity contribution in [1.82, 2.24) is 0 Å². The number of nitrogens with zero attached hydrogens (tertiary/aromatic N) is 2. The molecule has 0 heterocycles. The summed E-state index contributed by atoms with van der Waals surface area (Å²) < 4.78 is 43.6. The number of aliphatic imine (C=N–C) groups is 2. The Morgan fingerprint density at radius 1 is 1.38 bits per heavy atom. The molecule has 0 radical (unpaired) electrons. The van der Waals surface area contributed by atoms with Crippen LogP contribution in [-0.4, -0.2) is 25.6 Å². The molecule has 21 heavy (non-hydrogen) atoms. The molecular formula is C14H13F3N2O2. The van der Waals surface area contributed by atoms with Gasteiger partial charge in [-0.15, -0.1) is 0 Å². The maximum atomic E-state index is 13.0. The van der Waals surface area contributed by atoms with E-state index >= 15 is 0 Å². The first-order valence-electron chi connectivity index (χ1n) is 5.80. The molecule has 0 aliphatic rings. The Labute approximate surface area is 119 Å². The van der Waals surface area contributed by atoms with Gasteiger partial charge in [0.05, 0.1) is 18.2 Å². The van der Waals surface area contributed by atoms with E-state index in [9.17, 15) is 18.0 Å². The summed E-state index contributed by atoms with van der Waals surface area (Å²) in [6, 6.07) is 2.86. The lowest BCUT2D eigenvalue weighted by Gasteiger charge is -2.13. The van der Waals surface area contributed by atoms with E-state index in [-0.39, 0.29) is 17.0 Å². The highest BCUT2D eigenvalue weighted by Crippen LogP contribution is 2.33. The van der Waals surface area contributed by atoms with Crippen LogP contribution in [0.25, 0.3) is 0 Å². The molecule has 0 aliphatic heterocycles. The van der Waals surface area contributed by atoms with Gasteiger partial charge in [-0.3, -0.25) is 0 Å². The van der Waals surface area contributed by atoms with Crippen molar-refractivity contribution in [2.45, 2.75) is 13.1 Å². The second-order valence-electron chi connectivity index (χ2n) is 3.84. The molecule has 112 valence electrons. The number of carbonyl (C=O) groups is 1. The second-order valence-corrected chi connectivity index (χ2v) is 3.84. The first-order chi connectivity index (χ1) is 9.85. The van der Waals surface area contributed by atoms with Crippen molar-refractivity contribution in [1.29, 1.82) is 0 Å². The van der Waals surface area contributed by atoms with Gasteiger partial charge >= 0.3 is 12.1 Å². The van der Waals surface area contributed by atoms with Crippen LogP contribution in [0.4, 0.5) is 13.2 Å². The fourth-order valence-corrected chi connectivity index (χ4v) is 1.56. The zero-order valence-corrected chi connectivity index (χ0v) is 11.4. The van der Waals surface area contributed by atoms with E-state index in [1.54, 1.807) is 6.92 Å². The number of carbonyl (C=O) groups excluding carboxylic acids is 1. The van der Waals surface area contributed by atoms with Crippen molar-refractivity contribution in [2.75, 3.05) is 7.11 Å². The van der Waals surface area contributed by atoms with Gasteiger partial charge in [0.15, 0.2) is 5.84 Å². The first-order valence-corrected chi connectivity index (χ1v) is 5.80. The molecule has 0 saturated carbocycles. The van der Waals surface area contributed by atoms with Crippen LogP contribution in [0.3, 0.4) is 0 Å². The van der Waals surface area contributed by atoms with E-state index in [0.29, 0.717) is 0 Å². The van der Waals surface area contributed by atoms with Crippen molar-refractivity contribution in [2.24, 2.45) is 9.98 Å². The van der Waals surface area contributed by atoms with E-state index in [4.69, 9.17) is 0 Å². The molecule has 0 N–H and O–H groups in total. The molecule has 1 rings (SSSR count). The molecule has 1 aromatic rings. The van der Waals surface area contributed by atoms with Gasteiger partial charge in [0.25, 0.3) is 0 Å². The molecule has 0 fully saturated rings. The van der Waals surface area contributed by atoms with Gasteiger partial charge in [-0.2, -0.15) is 13.2 Å². The number of methoxy groups -OCH3 is 1. The zero-order chi connectivity index (χ0) is 16.0. The number of hydrogen-bond donors (Lipinski definition) is 0. The largest absolute Gasteiger partial charge is 0.465 e. The summed E-state index contributed by atoms with van der Waals surface area (Å²) >= 11 is 0. The van der Waals surface area contributed by atoms with E-state index < -0.39 is 17.7 Å². The monoisotopic (exact) mass is 298 g/mol. The van der Waals surface area contributed by atoms with Crippen LogP contribution in [0.1, 0.15) is 28.4 Å². The maximum absolute atomic E-state index is 13.0. The quantitative estimate of drug-likeness (QED) is 0.487. The normalized spacial score (nSPS) is 12.5. The van der Waals surface area contributed by atoms with Crippen LogP contribution in [0.2, 0.25) is 0 Å². The third-order valence-corrected chi connectivity index (χ3v) is 2.48. The van der Waals surface area contributed by atoms with E-state index in [1.807, 2.05) is 0 Å². The van der Waals surface area contributed by atoms with Gasteiger partial charge in [0, 0.05) is 11.8 Å². The van der Waals surface area contributed by atoms with Gasteiger partial charge in [-0.05, 0) is 31.8 Å². The molecule has 7 heteroatoms. The number of amidine groups is 1. The molecule has 0 saturated heterocycles. The number of halogens is 3. The van der Waals surface area contributed by atoms with Gasteiger partial charge in [-0.1, -0.05) is 6.08 Å². The van der Waals surface area contributed by atoms with Crippen LogP contribution in [0, 0.1) is 0 Å². The highest BCUT2D eigenvalue weighted by molar-refractivity contribution is 6.04. The van der Waals surface area contributed by atoms with Gasteiger partial charge in [0.1, 0.15) is 0 Å². The number of ether oxygens (including phenoxy) is 1. The Morgan fingerprint density at radius 3 is 2.52 bits per heavy atom. The maximum Gasteiger partial charge on any atom is 0.417 e. The Hall–Kier alpha value is -2.44. The van der Waals surface area contributed by atoms with Gasteiger partial charge in [-0.25, -0.2) is 14.8 Å². The Bertz CT molecular complexity index is 605. The topological polar surface area (TPSA) is 51.0 Å². The molecule has 0 spiro atoms. The minimum absolute atomic E-state index is 0.0303. The number of allylic oxidation sites excluding steroid dienone is 1. The van der Waals surface area contributed by atoms with Crippen LogP contribution >= 0.6 is 0 Å². The summed E-state index contributed by atoms with van der Waals surface area (Å²) in [6.45, 7) is 4.86. The number of benzene rings is 1. The van der Waals surface area contributed by atoms with E-state index in [0.717, 1.165) is 25.3 Å². The molecule has 0 aromatic heterocycles. The summed E-state index contributed by atoms with van der Waals surface area (Å²) in [5.41, 5.74) is -1.32. The number of alkyl halides is 3. The van der Waals surface area contributed by atoms with Crippen LogP contribution in [0.15, 0.2) is 40.5 Å².